The first-order valence-electron chi connectivity index (χ1n) is 10.9. The monoisotopic (exact) mass is 443 g/mol. The molecule has 0 radical (unpaired) electrons. The normalized spacial score (nSPS) is 13.6. The van der Waals surface area contributed by atoms with E-state index < -0.39 is 8.41 Å². The second kappa shape index (κ2) is 8.27. The summed E-state index contributed by atoms with van der Waals surface area (Å²) >= 11 is 1.80. The quantitative estimate of drug-likeness (QED) is 0.283. The summed E-state index contributed by atoms with van der Waals surface area (Å²) in [5.74, 6) is 0. The average molecular weight is 444 g/mol. The van der Waals surface area contributed by atoms with Gasteiger partial charge in [0.25, 0.3) is 0 Å². The van der Waals surface area contributed by atoms with Gasteiger partial charge in [-0.2, -0.15) is 0 Å². The van der Waals surface area contributed by atoms with Gasteiger partial charge in [0, 0.05) is 5.56 Å². The van der Waals surface area contributed by atoms with Crippen LogP contribution in [-0.4, -0.2) is 19.1 Å². The third-order valence-electron chi connectivity index (χ3n) is 6.02. The highest BCUT2D eigenvalue weighted by Gasteiger charge is 2.23. The van der Waals surface area contributed by atoms with E-state index >= 15 is 0 Å². The molecule has 0 saturated carbocycles. The molecule has 0 amide bonds. The van der Waals surface area contributed by atoms with Gasteiger partial charge >= 0.3 is 0 Å². The predicted octanol–water partition coefficient (Wildman–Crippen LogP) is 6.67. The molecule has 0 fully saturated rings. The summed E-state index contributed by atoms with van der Waals surface area (Å²) in [6, 6.07) is 40.1. The van der Waals surface area contributed by atoms with Crippen LogP contribution in [0.25, 0.3) is 31.9 Å². The van der Waals surface area contributed by atoms with Gasteiger partial charge in [0.05, 0.1) is 18.6 Å². The first kappa shape index (κ1) is 19.3. The summed E-state index contributed by atoms with van der Waals surface area (Å²) in [7, 11) is -0.927. The maximum absolute atomic E-state index is 4.98. The van der Waals surface area contributed by atoms with Crippen LogP contribution in [-0.2, 0) is 0 Å². The van der Waals surface area contributed by atoms with Crippen LogP contribution in [0.15, 0.2) is 109 Å². The van der Waals surface area contributed by atoms with Crippen LogP contribution < -0.4 is 5.19 Å². The number of rotatable bonds is 4. The lowest BCUT2D eigenvalue weighted by atomic mass is 9.97. The van der Waals surface area contributed by atoms with Gasteiger partial charge in [0.2, 0.25) is 0 Å². The summed E-state index contributed by atoms with van der Waals surface area (Å²) in [6.07, 6.45) is 0. The van der Waals surface area contributed by atoms with Gasteiger partial charge in [-0.25, -0.2) is 4.98 Å². The van der Waals surface area contributed by atoms with Crippen LogP contribution in [0, 0.1) is 0 Å². The summed E-state index contributed by atoms with van der Waals surface area (Å²) < 4.78 is 1.25. The van der Waals surface area contributed by atoms with Crippen molar-refractivity contribution in [1.29, 1.82) is 0 Å². The van der Waals surface area contributed by atoms with E-state index in [0.29, 0.717) is 0 Å². The van der Waals surface area contributed by atoms with E-state index in [4.69, 9.17) is 4.98 Å². The van der Waals surface area contributed by atoms with Gasteiger partial charge in [0.15, 0.2) is 0 Å². The molecule has 1 aromatic heterocycles. The maximum atomic E-state index is 4.98. The summed E-state index contributed by atoms with van der Waals surface area (Å²) in [6.45, 7) is 0. The van der Waals surface area contributed by atoms with Crippen molar-refractivity contribution in [1.82, 2.24) is 4.98 Å². The topological polar surface area (TPSA) is 12.9 Å². The number of allylic oxidation sites excluding steroid dienone is 2. The van der Waals surface area contributed by atoms with Gasteiger partial charge < -0.3 is 0 Å². The molecular formula is C29H21NSSi. The van der Waals surface area contributed by atoms with E-state index in [1.54, 1.807) is 11.3 Å². The molecule has 0 atom stereocenters. The fraction of sp³-hybridized carbons (Fsp3) is 0.0345. The van der Waals surface area contributed by atoms with Crippen molar-refractivity contribution in [2.24, 2.45) is 0 Å². The zero-order valence-corrected chi connectivity index (χ0v) is 19.3. The van der Waals surface area contributed by atoms with Crippen LogP contribution in [0.2, 0.25) is 6.04 Å². The van der Waals surface area contributed by atoms with Crippen LogP contribution in [0.3, 0.4) is 0 Å². The third kappa shape index (κ3) is 3.50. The Labute approximate surface area is 193 Å². The molecule has 0 N–H and O–H groups in total. The third-order valence-corrected chi connectivity index (χ3v) is 9.58. The minimum absolute atomic E-state index is 0.927. The first-order chi connectivity index (χ1) is 15.9. The predicted molar refractivity (Wildman–Crippen MR) is 141 cm³/mol. The van der Waals surface area contributed by atoms with Crippen molar-refractivity contribution in [3.63, 3.8) is 0 Å². The van der Waals surface area contributed by atoms with E-state index in [1.807, 2.05) is 0 Å². The smallest absolute Gasteiger partial charge is 0.124 e. The molecule has 152 valence electrons. The molecule has 0 unspecified atom stereocenters. The molecule has 2 heterocycles. The zero-order valence-electron chi connectivity index (χ0n) is 17.5. The number of benzene rings is 4. The van der Waals surface area contributed by atoms with E-state index in [9.17, 15) is 0 Å². The molecule has 0 aliphatic carbocycles. The number of fused-ring (bicyclic) bond motifs is 1. The van der Waals surface area contributed by atoms with Crippen molar-refractivity contribution in [3.8, 4) is 10.6 Å². The van der Waals surface area contributed by atoms with Crippen molar-refractivity contribution in [3.05, 3.63) is 120 Å². The Hall–Kier alpha value is -3.40. The van der Waals surface area contributed by atoms with E-state index in [2.05, 4.69) is 115 Å². The van der Waals surface area contributed by atoms with Crippen LogP contribution >= 0.6 is 11.3 Å². The second-order valence-corrected chi connectivity index (χ2v) is 11.3. The van der Waals surface area contributed by atoms with Gasteiger partial charge in [-0.1, -0.05) is 103 Å². The van der Waals surface area contributed by atoms with Crippen LogP contribution in [0.4, 0.5) is 0 Å². The minimum atomic E-state index is -0.927. The molecular weight excluding hydrogens is 422 g/mol. The van der Waals surface area contributed by atoms with E-state index in [0.717, 1.165) is 16.6 Å². The Morgan fingerprint density at radius 1 is 0.656 bits per heavy atom. The number of hydrogen-bond acceptors (Lipinski definition) is 2. The molecule has 1 nitrogen and oxygen atoms in total. The van der Waals surface area contributed by atoms with Crippen molar-refractivity contribution < 1.29 is 0 Å². The van der Waals surface area contributed by atoms with Gasteiger partial charge in [-0.05, 0) is 45.6 Å². The van der Waals surface area contributed by atoms with Crippen LogP contribution in [0.1, 0.15) is 11.1 Å². The number of nitrogens with zero attached hydrogens (tertiary/aromatic N) is 1. The Bertz CT molecular complexity index is 1450. The van der Waals surface area contributed by atoms with Crippen molar-refractivity contribution in [2.75, 3.05) is 0 Å². The Balaban J connectivity index is 1.48. The van der Waals surface area contributed by atoms with E-state index in [1.165, 1.54) is 37.7 Å². The van der Waals surface area contributed by atoms with Gasteiger partial charge in [0.1, 0.15) is 5.01 Å². The molecule has 0 saturated heterocycles. The SMILES string of the molecule is C1=[Si](c2ccccc2-c2nc3ccccc3s2)CC(c2ccccc2)=C1c1ccccc1. The molecule has 1 aliphatic rings. The second-order valence-electron chi connectivity index (χ2n) is 8.00. The Kier molecular flexibility index (Phi) is 4.98. The number of para-hydroxylation sites is 1. The van der Waals surface area contributed by atoms with E-state index in [-0.39, 0.29) is 0 Å². The van der Waals surface area contributed by atoms with Crippen LogP contribution in [0.5, 0.6) is 0 Å². The fourth-order valence-electron chi connectivity index (χ4n) is 4.48. The lowest BCUT2D eigenvalue weighted by Crippen LogP contribution is -2.23. The number of hydrogen-bond donors (Lipinski definition) is 0. The Morgan fingerprint density at radius 2 is 1.31 bits per heavy atom. The maximum Gasteiger partial charge on any atom is 0.124 e. The standard InChI is InChI=1S/C29H21NSSi/c1-3-11-21(12-4-1)24-19-32(20-25(24)22-13-5-2-6-14-22)28-18-10-7-15-23(28)29-30-26-16-8-9-17-27(26)31-29/h1-19H,20H2. The Morgan fingerprint density at radius 3 is 2.09 bits per heavy atom. The summed E-state index contributed by atoms with van der Waals surface area (Å²) in [5.41, 5.74) is 10.4. The lowest BCUT2D eigenvalue weighted by Gasteiger charge is -2.10. The molecule has 1 aliphatic heterocycles. The molecule has 0 bridgehead atoms. The number of thiazole rings is 1. The number of aromatic nitrogens is 1. The summed E-state index contributed by atoms with van der Waals surface area (Å²) in [4.78, 5) is 4.98. The average Bonchev–Trinajstić information content (AvgIpc) is 3.50. The molecule has 4 aromatic carbocycles. The van der Waals surface area contributed by atoms with Gasteiger partial charge in [-0.3, -0.25) is 0 Å². The highest BCUT2D eigenvalue weighted by Crippen LogP contribution is 2.34. The fourth-order valence-corrected chi connectivity index (χ4v) is 8.35. The molecule has 5 aromatic rings. The van der Waals surface area contributed by atoms with Crippen molar-refractivity contribution >= 4 is 52.0 Å². The highest BCUT2D eigenvalue weighted by atomic mass is 32.1. The largest absolute Gasteiger partial charge is 0.236 e. The molecule has 3 heteroatoms. The minimum Gasteiger partial charge on any atom is -0.236 e. The first-order valence-corrected chi connectivity index (χ1v) is 13.5. The highest BCUT2D eigenvalue weighted by molar-refractivity contribution is 7.21. The molecule has 0 spiro atoms. The van der Waals surface area contributed by atoms with Gasteiger partial charge in [-0.15, -0.1) is 11.3 Å². The van der Waals surface area contributed by atoms with Crippen molar-refractivity contribution in [2.45, 2.75) is 6.04 Å². The lowest BCUT2D eigenvalue weighted by molar-refractivity contribution is 1.48. The summed E-state index contributed by atoms with van der Waals surface area (Å²) in [5, 5.41) is 2.58. The molecule has 32 heavy (non-hydrogen) atoms. The zero-order chi connectivity index (χ0) is 21.3. The molecule has 6 rings (SSSR count).